The van der Waals surface area contributed by atoms with Crippen LogP contribution >= 0.6 is 0 Å². The highest BCUT2D eigenvalue weighted by atomic mass is 16.5. The van der Waals surface area contributed by atoms with Gasteiger partial charge in [-0.1, -0.05) is 88.4 Å². The van der Waals surface area contributed by atoms with Crippen molar-refractivity contribution >= 4 is 35.3 Å². The Morgan fingerprint density at radius 1 is 0.568 bits per heavy atom. The number of rotatable bonds is 11. The van der Waals surface area contributed by atoms with Gasteiger partial charge in [0, 0.05) is 12.2 Å². The van der Waals surface area contributed by atoms with Crippen LogP contribution in [0, 0.1) is 0 Å². The maximum Gasteiger partial charge on any atom is 0.248 e. The third kappa shape index (κ3) is 8.48. The van der Waals surface area contributed by atoms with Crippen molar-refractivity contribution < 1.29 is 19.1 Å². The molecule has 4 aromatic carbocycles. The van der Waals surface area contributed by atoms with Gasteiger partial charge in [-0.2, -0.15) is 0 Å². The van der Waals surface area contributed by atoms with Crippen LogP contribution in [0.1, 0.15) is 61.8 Å². The first kappa shape index (κ1) is 31.8. The van der Waals surface area contributed by atoms with E-state index in [0.717, 1.165) is 22.3 Å². The molecule has 0 aliphatic heterocycles. The lowest BCUT2D eigenvalue weighted by molar-refractivity contribution is -0.112. The number of amides is 2. The highest BCUT2D eigenvalue weighted by Crippen LogP contribution is 2.35. The predicted molar refractivity (Wildman–Crippen MR) is 181 cm³/mol. The van der Waals surface area contributed by atoms with Gasteiger partial charge in [-0.15, -0.1) is 0 Å². The first-order valence-electron chi connectivity index (χ1n) is 14.7. The molecule has 0 aliphatic carbocycles. The molecule has 44 heavy (non-hydrogen) atoms. The standard InChI is InChI=1S/C38H40N2O4/c1-25(2)29-13-7-27(8-14-29)11-21-37(41)39-33-19-17-31(23-35(33)43-5)32-18-20-34(36(24-32)44-6)40-38(42)22-12-28-9-15-30(16-10-28)26(3)4/h7-26H,1-6H3,(H,39,41)(H,40,42). The van der Waals surface area contributed by atoms with Crippen molar-refractivity contribution in [1.82, 2.24) is 0 Å². The van der Waals surface area contributed by atoms with Crippen LogP contribution in [-0.2, 0) is 9.59 Å². The monoisotopic (exact) mass is 588 g/mol. The fourth-order valence-electron chi connectivity index (χ4n) is 4.62. The average molecular weight is 589 g/mol. The second-order valence-corrected chi connectivity index (χ2v) is 11.1. The molecule has 0 atom stereocenters. The number of ether oxygens (including phenoxy) is 2. The summed E-state index contributed by atoms with van der Waals surface area (Å²) < 4.78 is 11.2. The Morgan fingerprint density at radius 3 is 1.25 bits per heavy atom. The number of hydrogen-bond donors (Lipinski definition) is 2. The molecule has 226 valence electrons. The molecular weight excluding hydrogens is 548 g/mol. The number of nitrogens with one attached hydrogen (secondary N) is 2. The van der Waals surface area contributed by atoms with Crippen molar-refractivity contribution in [2.24, 2.45) is 0 Å². The van der Waals surface area contributed by atoms with Crippen LogP contribution in [0.25, 0.3) is 23.3 Å². The first-order valence-corrected chi connectivity index (χ1v) is 14.7. The van der Waals surface area contributed by atoms with E-state index in [1.807, 2.05) is 48.5 Å². The van der Waals surface area contributed by atoms with Gasteiger partial charge < -0.3 is 20.1 Å². The largest absolute Gasteiger partial charge is 0.495 e. The molecule has 4 rings (SSSR count). The lowest BCUT2D eigenvalue weighted by Crippen LogP contribution is -2.09. The Bertz CT molecular complexity index is 1520. The topological polar surface area (TPSA) is 76.7 Å². The molecule has 6 nitrogen and oxygen atoms in total. The summed E-state index contributed by atoms with van der Waals surface area (Å²) in [5.41, 5.74) is 7.25. The second-order valence-electron chi connectivity index (χ2n) is 11.1. The van der Waals surface area contributed by atoms with Gasteiger partial charge in [0.05, 0.1) is 25.6 Å². The van der Waals surface area contributed by atoms with E-state index in [-0.39, 0.29) is 11.8 Å². The van der Waals surface area contributed by atoms with Gasteiger partial charge in [0.2, 0.25) is 11.8 Å². The fraction of sp³-hybridized carbons (Fsp3) is 0.211. The first-order chi connectivity index (χ1) is 21.2. The number of benzene rings is 4. The van der Waals surface area contributed by atoms with Crippen LogP contribution in [0.15, 0.2) is 97.1 Å². The van der Waals surface area contributed by atoms with Gasteiger partial charge in [-0.3, -0.25) is 9.59 Å². The Labute approximate surface area is 260 Å². The number of carbonyl (C=O) groups excluding carboxylic acids is 2. The van der Waals surface area contributed by atoms with Gasteiger partial charge in [-0.25, -0.2) is 0 Å². The van der Waals surface area contributed by atoms with Gasteiger partial charge in [0.1, 0.15) is 11.5 Å². The van der Waals surface area contributed by atoms with E-state index >= 15 is 0 Å². The minimum Gasteiger partial charge on any atom is -0.495 e. The van der Waals surface area contributed by atoms with Crippen LogP contribution in [0.3, 0.4) is 0 Å². The van der Waals surface area contributed by atoms with Crippen LogP contribution in [0.2, 0.25) is 0 Å². The van der Waals surface area contributed by atoms with Gasteiger partial charge >= 0.3 is 0 Å². The maximum atomic E-state index is 12.6. The van der Waals surface area contributed by atoms with E-state index in [0.29, 0.717) is 34.7 Å². The smallest absolute Gasteiger partial charge is 0.248 e. The quantitative estimate of drug-likeness (QED) is 0.172. The van der Waals surface area contributed by atoms with Crippen molar-refractivity contribution in [1.29, 1.82) is 0 Å². The van der Waals surface area contributed by atoms with Crippen LogP contribution < -0.4 is 20.1 Å². The molecule has 6 heteroatoms. The van der Waals surface area contributed by atoms with Crippen LogP contribution in [0.4, 0.5) is 11.4 Å². The Balaban J connectivity index is 1.43. The van der Waals surface area contributed by atoms with Crippen molar-refractivity contribution in [3.63, 3.8) is 0 Å². The van der Waals surface area contributed by atoms with Crippen LogP contribution in [0.5, 0.6) is 11.5 Å². The van der Waals surface area contributed by atoms with E-state index < -0.39 is 0 Å². The minimum absolute atomic E-state index is 0.257. The predicted octanol–water partition coefficient (Wildman–Crippen LogP) is 8.92. The zero-order chi connectivity index (χ0) is 31.6. The summed E-state index contributed by atoms with van der Waals surface area (Å²) in [6, 6.07) is 27.4. The van der Waals surface area contributed by atoms with Crippen molar-refractivity contribution in [2.45, 2.75) is 39.5 Å². The average Bonchev–Trinajstić information content (AvgIpc) is 3.03. The molecular formula is C38H40N2O4. The molecule has 2 N–H and O–H groups in total. The number of methoxy groups -OCH3 is 2. The van der Waals surface area contributed by atoms with Gasteiger partial charge in [0.15, 0.2) is 0 Å². The molecule has 2 amide bonds. The summed E-state index contributed by atoms with van der Waals surface area (Å²) in [7, 11) is 3.12. The summed E-state index contributed by atoms with van der Waals surface area (Å²) in [6.45, 7) is 8.60. The molecule has 4 aromatic rings. The summed E-state index contributed by atoms with van der Waals surface area (Å²) >= 11 is 0. The molecule has 0 fully saturated rings. The third-order valence-corrected chi connectivity index (χ3v) is 7.31. The lowest BCUT2D eigenvalue weighted by Gasteiger charge is -2.14. The van der Waals surface area contributed by atoms with Crippen molar-refractivity contribution in [3.05, 3.63) is 119 Å². The molecule has 0 aromatic heterocycles. The van der Waals surface area contributed by atoms with E-state index in [1.54, 1.807) is 38.5 Å². The summed E-state index contributed by atoms with van der Waals surface area (Å²) in [4.78, 5) is 25.3. The van der Waals surface area contributed by atoms with E-state index in [2.05, 4.69) is 62.6 Å². The summed E-state index contributed by atoms with van der Waals surface area (Å²) in [5, 5.41) is 5.79. The normalized spacial score (nSPS) is 11.4. The van der Waals surface area contributed by atoms with E-state index in [9.17, 15) is 9.59 Å². The number of hydrogen-bond acceptors (Lipinski definition) is 4. The minimum atomic E-state index is -0.257. The molecule has 0 saturated heterocycles. The second kappa shape index (κ2) is 14.9. The highest BCUT2D eigenvalue weighted by molar-refractivity contribution is 6.04. The highest BCUT2D eigenvalue weighted by Gasteiger charge is 2.12. The summed E-state index contributed by atoms with van der Waals surface area (Å²) in [5.74, 6) is 1.44. The molecule has 0 aliphatic rings. The molecule has 0 heterocycles. The number of carbonyl (C=O) groups is 2. The zero-order valence-electron chi connectivity index (χ0n) is 26.2. The SMILES string of the molecule is COc1cc(-c2ccc(NC(=O)C=Cc3ccc(C(C)C)cc3)c(OC)c2)ccc1NC(=O)C=Cc1ccc(C(C)C)cc1. The van der Waals surface area contributed by atoms with E-state index in [4.69, 9.17) is 9.47 Å². The van der Waals surface area contributed by atoms with Crippen molar-refractivity contribution in [3.8, 4) is 22.6 Å². The fourth-order valence-corrected chi connectivity index (χ4v) is 4.62. The summed E-state index contributed by atoms with van der Waals surface area (Å²) in [6.07, 6.45) is 6.58. The number of anilines is 2. The molecule has 0 spiro atoms. The molecule has 0 bridgehead atoms. The zero-order valence-corrected chi connectivity index (χ0v) is 26.2. The molecule has 0 unspecified atom stereocenters. The third-order valence-electron chi connectivity index (χ3n) is 7.31. The van der Waals surface area contributed by atoms with Crippen molar-refractivity contribution in [2.75, 3.05) is 24.9 Å². The lowest BCUT2D eigenvalue weighted by atomic mass is 10.0. The Morgan fingerprint density at radius 2 is 0.932 bits per heavy atom. The molecule has 0 saturated carbocycles. The molecule has 0 radical (unpaired) electrons. The Hall–Kier alpha value is -5.10. The van der Waals surface area contributed by atoms with Gasteiger partial charge in [-0.05, 0) is 81.6 Å². The van der Waals surface area contributed by atoms with Gasteiger partial charge in [0.25, 0.3) is 0 Å². The maximum absolute atomic E-state index is 12.6. The van der Waals surface area contributed by atoms with E-state index in [1.165, 1.54) is 23.3 Å². The van der Waals surface area contributed by atoms with Crippen LogP contribution in [-0.4, -0.2) is 26.0 Å². The Kier molecular flexibility index (Phi) is 10.8.